The average Bonchev–Trinajstić information content (AvgIpc) is 2.94. The van der Waals surface area contributed by atoms with Gasteiger partial charge in [0.15, 0.2) is 0 Å². The first-order valence-electron chi connectivity index (χ1n) is 7.96. The molecule has 1 amide bonds. The molecule has 6 heteroatoms. The van der Waals surface area contributed by atoms with E-state index in [2.05, 4.69) is 14.7 Å². The molecule has 3 aromatic rings. The minimum Gasteiger partial charge on any atom is -0.439 e. The van der Waals surface area contributed by atoms with Crippen LogP contribution in [0.25, 0.3) is 16.2 Å². The van der Waals surface area contributed by atoms with Gasteiger partial charge in [-0.3, -0.25) is 4.79 Å². The summed E-state index contributed by atoms with van der Waals surface area (Å²) in [5.41, 5.74) is 1.98. The molecule has 0 fully saturated rings. The van der Waals surface area contributed by atoms with E-state index < -0.39 is 0 Å². The Bertz CT molecular complexity index is 916. The highest BCUT2D eigenvalue weighted by molar-refractivity contribution is 7.13. The molecule has 25 heavy (non-hydrogen) atoms. The van der Waals surface area contributed by atoms with Crippen LogP contribution in [0, 0.1) is 6.92 Å². The van der Waals surface area contributed by atoms with E-state index in [1.54, 1.807) is 6.20 Å². The van der Waals surface area contributed by atoms with Crippen molar-refractivity contribution >= 4 is 33.6 Å². The van der Waals surface area contributed by atoms with E-state index in [-0.39, 0.29) is 11.9 Å². The Hall–Kier alpha value is -2.73. The molecule has 0 aliphatic carbocycles. The highest BCUT2D eigenvalue weighted by Gasteiger charge is 2.05. The fraction of sp³-hybridized carbons (Fsp3) is 0.211. The molecule has 1 atom stereocenters. The van der Waals surface area contributed by atoms with Crippen molar-refractivity contribution in [2.75, 3.05) is 0 Å². The van der Waals surface area contributed by atoms with E-state index in [1.807, 2.05) is 56.3 Å². The third-order valence-corrected chi connectivity index (χ3v) is 4.51. The minimum atomic E-state index is -0.0490. The maximum atomic E-state index is 11.0. The van der Waals surface area contributed by atoms with Gasteiger partial charge in [-0.25, -0.2) is 4.98 Å². The van der Waals surface area contributed by atoms with Crippen LogP contribution in [0.15, 0.2) is 42.6 Å². The summed E-state index contributed by atoms with van der Waals surface area (Å²) in [4.78, 5) is 15.3. The molecule has 3 rings (SSSR count). The van der Waals surface area contributed by atoms with Crippen LogP contribution in [0.1, 0.15) is 25.1 Å². The predicted octanol–water partition coefficient (Wildman–Crippen LogP) is 4.33. The van der Waals surface area contributed by atoms with Crippen LogP contribution in [-0.4, -0.2) is 21.3 Å². The fourth-order valence-corrected chi connectivity index (χ4v) is 3.22. The van der Waals surface area contributed by atoms with Gasteiger partial charge in [0.25, 0.3) is 0 Å². The molecule has 2 aromatic heterocycles. The van der Waals surface area contributed by atoms with Crippen molar-refractivity contribution in [1.82, 2.24) is 14.7 Å². The molecule has 2 heterocycles. The van der Waals surface area contributed by atoms with Gasteiger partial charge in [0.2, 0.25) is 11.8 Å². The summed E-state index contributed by atoms with van der Waals surface area (Å²) in [6.07, 6.45) is 5.57. The zero-order chi connectivity index (χ0) is 17.8. The number of pyridine rings is 1. The van der Waals surface area contributed by atoms with Gasteiger partial charge in [0.1, 0.15) is 5.75 Å². The third-order valence-electron chi connectivity index (χ3n) is 3.61. The molecule has 1 aromatic carbocycles. The van der Waals surface area contributed by atoms with Gasteiger partial charge in [-0.05, 0) is 49.1 Å². The molecule has 0 saturated heterocycles. The number of hydrogen-bond acceptors (Lipinski definition) is 5. The zero-order valence-electron chi connectivity index (χ0n) is 14.3. The van der Waals surface area contributed by atoms with Crippen LogP contribution >= 0.6 is 11.5 Å². The minimum absolute atomic E-state index is 0.0250. The van der Waals surface area contributed by atoms with Crippen molar-refractivity contribution in [3.05, 3.63) is 53.9 Å². The standard InChI is InChI=1S/C19H19N3O2S/c1-12(21-14(3)23)4-5-15-6-9-19(20-11-15)24-16-7-8-17-13(2)22-25-18(17)10-16/h4-12H,1-3H3,(H,21,23)/b5-4+/t12-/m0/s1. The number of aromatic nitrogens is 2. The first kappa shape index (κ1) is 17.1. The normalized spacial score (nSPS) is 12.4. The number of carbonyl (C=O) groups is 1. The Morgan fingerprint density at radius 3 is 2.88 bits per heavy atom. The number of carbonyl (C=O) groups excluding carboxylic acids is 1. The molecular formula is C19H19N3O2S. The fourth-order valence-electron chi connectivity index (χ4n) is 2.40. The molecule has 0 aliphatic rings. The van der Waals surface area contributed by atoms with E-state index in [4.69, 9.17) is 4.74 Å². The maximum absolute atomic E-state index is 11.0. The lowest BCUT2D eigenvalue weighted by Crippen LogP contribution is -2.28. The maximum Gasteiger partial charge on any atom is 0.219 e. The largest absolute Gasteiger partial charge is 0.439 e. The topological polar surface area (TPSA) is 64.1 Å². The first-order valence-corrected chi connectivity index (χ1v) is 8.74. The van der Waals surface area contributed by atoms with Crippen molar-refractivity contribution < 1.29 is 9.53 Å². The number of aryl methyl sites for hydroxylation is 1. The lowest BCUT2D eigenvalue weighted by atomic mass is 10.2. The van der Waals surface area contributed by atoms with Crippen LogP contribution < -0.4 is 10.1 Å². The SMILES string of the molecule is CC(=O)N[C@@H](C)/C=C/c1ccc(Oc2ccc3c(C)nsc3c2)nc1. The summed E-state index contributed by atoms with van der Waals surface area (Å²) >= 11 is 1.47. The number of nitrogens with zero attached hydrogens (tertiary/aromatic N) is 2. The summed E-state index contributed by atoms with van der Waals surface area (Å²) in [5.74, 6) is 1.23. The molecular weight excluding hydrogens is 334 g/mol. The van der Waals surface area contributed by atoms with E-state index in [9.17, 15) is 4.79 Å². The highest BCUT2D eigenvalue weighted by Crippen LogP contribution is 2.28. The predicted molar refractivity (Wildman–Crippen MR) is 101 cm³/mol. The Kier molecular flexibility index (Phi) is 5.09. The van der Waals surface area contributed by atoms with Gasteiger partial charge in [-0.1, -0.05) is 12.2 Å². The summed E-state index contributed by atoms with van der Waals surface area (Å²) in [5, 5.41) is 3.95. The molecule has 5 nitrogen and oxygen atoms in total. The lowest BCUT2D eigenvalue weighted by Gasteiger charge is -2.07. The van der Waals surface area contributed by atoms with Crippen LogP contribution in [0.4, 0.5) is 0 Å². The average molecular weight is 353 g/mol. The second-order valence-electron chi connectivity index (χ2n) is 5.81. The molecule has 0 unspecified atom stereocenters. The molecule has 0 radical (unpaired) electrons. The number of rotatable bonds is 5. The summed E-state index contributed by atoms with van der Waals surface area (Å²) < 4.78 is 11.3. The molecule has 0 bridgehead atoms. The highest BCUT2D eigenvalue weighted by atomic mass is 32.1. The van der Waals surface area contributed by atoms with E-state index in [0.717, 1.165) is 27.1 Å². The second-order valence-corrected chi connectivity index (χ2v) is 6.61. The number of nitrogens with one attached hydrogen (secondary N) is 1. The first-order chi connectivity index (χ1) is 12.0. The van der Waals surface area contributed by atoms with Gasteiger partial charge in [0.05, 0.1) is 10.4 Å². The Labute approximate surface area is 150 Å². The van der Waals surface area contributed by atoms with Crippen molar-refractivity contribution in [3.8, 4) is 11.6 Å². The second kappa shape index (κ2) is 7.44. The summed E-state index contributed by atoms with van der Waals surface area (Å²) in [7, 11) is 0. The van der Waals surface area contributed by atoms with Crippen LogP contribution in [0.5, 0.6) is 11.6 Å². The third kappa shape index (κ3) is 4.42. The zero-order valence-corrected chi connectivity index (χ0v) is 15.1. The van der Waals surface area contributed by atoms with Crippen LogP contribution in [-0.2, 0) is 4.79 Å². The van der Waals surface area contributed by atoms with Crippen molar-refractivity contribution in [1.29, 1.82) is 0 Å². The number of benzene rings is 1. The Morgan fingerprint density at radius 1 is 1.32 bits per heavy atom. The molecule has 1 N–H and O–H groups in total. The van der Waals surface area contributed by atoms with E-state index in [1.165, 1.54) is 18.5 Å². The van der Waals surface area contributed by atoms with Gasteiger partial charge in [-0.2, -0.15) is 4.37 Å². The smallest absolute Gasteiger partial charge is 0.219 e. The number of hydrogen-bond donors (Lipinski definition) is 1. The number of amides is 1. The monoisotopic (exact) mass is 353 g/mol. The molecule has 128 valence electrons. The molecule has 0 spiro atoms. The van der Waals surface area contributed by atoms with E-state index in [0.29, 0.717) is 5.88 Å². The Morgan fingerprint density at radius 2 is 2.16 bits per heavy atom. The molecule has 0 saturated carbocycles. The Balaban J connectivity index is 1.67. The van der Waals surface area contributed by atoms with Crippen LogP contribution in [0.2, 0.25) is 0 Å². The quantitative estimate of drug-likeness (QED) is 0.741. The van der Waals surface area contributed by atoms with Gasteiger partial charge >= 0.3 is 0 Å². The number of ether oxygens (including phenoxy) is 1. The van der Waals surface area contributed by atoms with Crippen molar-refractivity contribution in [2.45, 2.75) is 26.8 Å². The van der Waals surface area contributed by atoms with Gasteiger partial charge in [-0.15, -0.1) is 0 Å². The molecule has 0 aliphatic heterocycles. The van der Waals surface area contributed by atoms with Gasteiger partial charge < -0.3 is 10.1 Å². The van der Waals surface area contributed by atoms with Crippen molar-refractivity contribution in [3.63, 3.8) is 0 Å². The van der Waals surface area contributed by atoms with Gasteiger partial charge in [0, 0.05) is 36.7 Å². The number of fused-ring (bicyclic) bond motifs is 1. The lowest BCUT2D eigenvalue weighted by molar-refractivity contribution is -0.119. The van der Waals surface area contributed by atoms with Crippen molar-refractivity contribution in [2.24, 2.45) is 0 Å². The summed E-state index contributed by atoms with van der Waals surface area (Å²) in [6.45, 7) is 5.42. The van der Waals surface area contributed by atoms with E-state index >= 15 is 0 Å². The summed E-state index contributed by atoms with van der Waals surface area (Å²) in [6, 6.07) is 9.64. The van der Waals surface area contributed by atoms with Crippen LogP contribution in [0.3, 0.4) is 0 Å².